The summed E-state index contributed by atoms with van der Waals surface area (Å²) in [4.78, 5) is 10.8. The molecule has 4 heteroatoms. The van der Waals surface area contributed by atoms with Crippen LogP contribution in [0.1, 0.15) is 19.3 Å². The zero-order chi connectivity index (χ0) is 10.2. The van der Waals surface area contributed by atoms with E-state index in [4.69, 9.17) is 4.74 Å². The van der Waals surface area contributed by atoms with Gasteiger partial charge in [-0.1, -0.05) is 0 Å². The molecule has 0 aromatic heterocycles. The molecule has 1 unspecified atom stereocenters. The second-order valence-corrected chi connectivity index (χ2v) is 3.61. The van der Waals surface area contributed by atoms with E-state index in [9.17, 15) is 4.79 Å². The van der Waals surface area contributed by atoms with E-state index in [0.29, 0.717) is 18.9 Å². The van der Waals surface area contributed by atoms with Gasteiger partial charge in [0.05, 0.1) is 20.1 Å². The second kappa shape index (κ2) is 6.79. The maximum absolute atomic E-state index is 10.8. The van der Waals surface area contributed by atoms with Gasteiger partial charge in [0, 0.05) is 19.7 Å². The lowest BCUT2D eigenvalue weighted by Gasteiger charge is -2.22. The van der Waals surface area contributed by atoms with Crippen molar-refractivity contribution >= 4 is 5.97 Å². The molecule has 82 valence electrons. The molecule has 1 fully saturated rings. The van der Waals surface area contributed by atoms with Crippen LogP contribution in [0.15, 0.2) is 0 Å². The van der Waals surface area contributed by atoms with Crippen molar-refractivity contribution < 1.29 is 14.3 Å². The molecule has 1 rings (SSSR count). The number of ether oxygens (including phenoxy) is 2. The highest BCUT2D eigenvalue weighted by Gasteiger charge is 2.12. The van der Waals surface area contributed by atoms with Crippen molar-refractivity contribution in [3.63, 3.8) is 0 Å². The minimum atomic E-state index is -0.155. The molecule has 4 nitrogen and oxygen atoms in total. The number of rotatable bonds is 5. The van der Waals surface area contributed by atoms with Gasteiger partial charge in [0.15, 0.2) is 0 Å². The summed E-state index contributed by atoms with van der Waals surface area (Å²) >= 11 is 0. The van der Waals surface area contributed by atoms with Crippen molar-refractivity contribution in [2.75, 3.05) is 33.4 Å². The Morgan fingerprint density at radius 2 is 2.50 bits per heavy atom. The molecule has 0 spiro atoms. The van der Waals surface area contributed by atoms with Crippen molar-refractivity contribution in [1.82, 2.24) is 5.32 Å². The van der Waals surface area contributed by atoms with Crippen LogP contribution in [0.3, 0.4) is 0 Å². The van der Waals surface area contributed by atoms with E-state index in [2.05, 4.69) is 10.1 Å². The Bertz CT molecular complexity index is 167. The molecule has 0 aromatic rings. The summed E-state index contributed by atoms with van der Waals surface area (Å²) in [6, 6.07) is 0. The molecule has 1 heterocycles. The average molecular weight is 201 g/mol. The van der Waals surface area contributed by atoms with Crippen molar-refractivity contribution in [3.8, 4) is 0 Å². The highest BCUT2D eigenvalue weighted by molar-refractivity contribution is 5.69. The lowest BCUT2D eigenvalue weighted by atomic mass is 10.0. The Morgan fingerprint density at radius 1 is 1.64 bits per heavy atom. The van der Waals surface area contributed by atoms with Gasteiger partial charge in [-0.05, 0) is 18.8 Å². The Morgan fingerprint density at radius 3 is 3.14 bits per heavy atom. The van der Waals surface area contributed by atoms with Crippen LogP contribution in [0.4, 0.5) is 0 Å². The van der Waals surface area contributed by atoms with Gasteiger partial charge in [-0.3, -0.25) is 4.79 Å². The molecule has 1 saturated heterocycles. The van der Waals surface area contributed by atoms with Gasteiger partial charge in [0.1, 0.15) is 0 Å². The molecular weight excluding hydrogens is 182 g/mol. The largest absolute Gasteiger partial charge is 0.469 e. The summed E-state index contributed by atoms with van der Waals surface area (Å²) in [6.07, 6.45) is 2.83. The number of hydrogen-bond acceptors (Lipinski definition) is 4. The maximum atomic E-state index is 10.8. The predicted octanol–water partition coefficient (Wildman–Crippen LogP) is 0.566. The van der Waals surface area contributed by atoms with E-state index < -0.39 is 0 Å². The highest BCUT2D eigenvalue weighted by atomic mass is 16.5. The molecule has 0 radical (unpaired) electrons. The van der Waals surface area contributed by atoms with Gasteiger partial charge in [0.2, 0.25) is 0 Å². The smallest absolute Gasteiger partial charge is 0.306 e. The number of hydrogen-bond donors (Lipinski definition) is 1. The number of nitrogens with one attached hydrogen (secondary N) is 1. The first-order chi connectivity index (χ1) is 6.83. The van der Waals surface area contributed by atoms with Crippen LogP contribution in [0.2, 0.25) is 0 Å². The van der Waals surface area contributed by atoms with E-state index >= 15 is 0 Å². The summed E-state index contributed by atoms with van der Waals surface area (Å²) in [5, 5.41) is 3.24. The van der Waals surface area contributed by atoms with Crippen LogP contribution in [-0.4, -0.2) is 39.4 Å². The standard InChI is InChI=1S/C10H19NO3/c1-13-10(12)4-5-11-7-9-3-2-6-14-8-9/h9,11H,2-8H2,1H3. The summed E-state index contributed by atoms with van der Waals surface area (Å²) < 4.78 is 9.89. The first-order valence-electron chi connectivity index (χ1n) is 5.18. The molecule has 0 bridgehead atoms. The Kier molecular flexibility index (Phi) is 5.56. The van der Waals surface area contributed by atoms with Gasteiger partial charge < -0.3 is 14.8 Å². The Labute approximate surface area is 85.0 Å². The van der Waals surface area contributed by atoms with Crippen molar-refractivity contribution in [2.24, 2.45) is 5.92 Å². The number of esters is 1. The molecule has 0 aromatic carbocycles. The molecule has 0 amide bonds. The van der Waals surface area contributed by atoms with E-state index in [1.165, 1.54) is 13.5 Å². The lowest BCUT2D eigenvalue weighted by Crippen LogP contribution is -2.30. The van der Waals surface area contributed by atoms with E-state index in [1.54, 1.807) is 0 Å². The molecule has 0 saturated carbocycles. The van der Waals surface area contributed by atoms with Gasteiger partial charge in [0.25, 0.3) is 0 Å². The molecule has 14 heavy (non-hydrogen) atoms. The molecule has 1 N–H and O–H groups in total. The fourth-order valence-electron chi connectivity index (χ4n) is 1.57. The van der Waals surface area contributed by atoms with Gasteiger partial charge in [-0.25, -0.2) is 0 Å². The SMILES string of the molecule is COC(=O)CCNCC1CCCOC1. The third kappa shape index (κ3) is 4.58. The fourth-order valence-corrected chi connectivity index (χ4v) is 1.57. The molecule has 1 aliphatic heterocycles. The van der Waals surface area contributed by atoms with Gasteiger partial charge in [-0.2, -0.15) is 0 Å². The minimum Gasteiger partial charge on any atom is -0.469 e. The van der Waals surface area contributed by atoms with Crippen LogP contribution < -0.4 is 5.32 Å². The van der Waals surface area contributed by atoms with Gasteiger partial charge in [-0.15, -0.1) is 0 Å². The van der Waals surface area contributed by atoms with Crippen LogP contribution in [-0.2, 0) is 14.3 Å². The van der Waals surface area contributed by atoms with Crippen LogP contribution in [0.5, 0.6) is 0 Å². The van der Waals surface area contributed by atoms with Crippen LogP contribution in [0, 0.1) is 5.92 Å². The summed E-state index contributed by atoms with van der Waals surface area (Å²) in [7, 11) is 1.41. The van der Waals surface area contributed by atoms with Crippen molar-refractivity contribution in [3.05, 3.63) is 0 Å². The Hall–Kier alpha value is -0.610. The third-order valence-corrected chi connectivity index (χ3v) is 2.42. The third-order valence-electron chi connectivity index (χ3n) is 2.42. The topological polar surface area (TPSA) is 47.6 Å². The quantitative estimate of drug-likeness (QED) is 0.521. The number of carbonyl (C=O) groups excluding carboxylic acids is 1. The molecule has 1 aliphatic rings. The summed E-state index contributed by atoms with van der Waals surface area (Å²) in [5.74, 6) is 0.457. The summed E-state index contributed by atoms with van der Waals surface area (Å²) in [5.41, 5.74) is 0. The molecular formula is C10H19NO3. The predicted molar refractivity (Wildman–Crippen MR) is 53.0 cm³/mol. The zero-order valence-electron chi connectivity index (χ0n) is 8.75. The van der Waals surface area contributed by atoms with E-state index in [1.807, 2.05) is 0 Å². The molecule has 1 atom stereocenters. The van der Waals surface area contributed by atoms with E-state index in [0.717, 1.165) is 26.2 Å². The first-order valence-corrected chi connectivity index (χ1v) is 5.18. The van der Waals surface area contributed by atoms with E-state index in [-0.39, 0.29) is 5.97 Å². The normalized spacial score (nSPS) is 21.9. The average Bonchev–Trinajstić information content (AvgIpc) is 2.25. The summed E-state index contributed by atoms with van der Waals surface area (Å²) in [6.45, 7) is 3.39. The molecule has 0 aliphatic carbocycles. The lowest BCUT2D eigenvalue weighted by molar-refractivity contribution is -0.140. The number of methoxy groups -OCH3 is 1. The number of carbonyl (C=O) groups is 1. The van der Waals surface area contributed by atoms with Crippen molar-refractivity contribution in [1.29, 1.82) is 0 Å². The van der Waals surface area contributed by atoms with Gasteiger partial charge >= 0.3 is 5.97 Å². The van der Waals surface area contributed by atoms with Crippen molar-refractivity contribution in [2.45, 2.75) is 19.3 Å². The second-order valence-electron chi connectivity index (χ2n) is 3.61. The minimum absolute atomic E-state index is 0.155. The highest BCUT2D eigenvalue weighted by Crippen LogP contribution is 2.11. The van der Waals surface area contributed by atoms with Crippen LogP contribution in [0.25, 0.3) is 0 Å². The fraction of sp³-hybridized carbons (Fsp3) is 0.900. The maximum Gasteiger partial charge on any atom is 0.306 e. The van der Waals surface area contributed by atoms with Crippen LogP contribution >= 0.6 is 0 Å². The monoisotopic (exact) mass is 201 g/mol. The zero-order valence-corrected chi connectivity index (χ0v) is 8.75. The first kappa shape index (κ1) is 11.5. The Balaban J connectivity index is 1.94.